The molecule has 3 heterocycles. The van der Waals surface area contributed by atoms with Gasteiger partial charge >= 0.3 is 0 Å². The van der Waals surface area contributed by atoms with E-state index in [1.54, 1.807) is 6.20 Å². The van der Waals surface area contributed by atoms with Crippen molar-refractivity contribution in [3.05, 3.63) is 21.9 Å². The summed E-state index contributed by atoms with van der Waals surface area (Å²) in [5.74, 6) is 0. The van der Waals surface area contributed by atoms with Gasteiger partial charge in [-0.3, -0.25) is 4.98 Å². The van der Waals surface area contributed by atoms with E-state index < -0.39 is 0 Å². The van der Waals surface area contributed by atoms with Crippen molar-refractivity contribution in [3.63, 3.8) is 0 Å². The van der Waals surface area contributed by atoms with Crippen molar-refractivity contribution in [2.24, 2.45) is 0 Å². The van der Waals surface area contributed by atoms with Crippen LogP contribution in [0.4, 0.5) is 0 Å². The molecular weight excluding hydrogens is 305 g/mol. The van der Waals surface area contributed by atoms with Gasteiger partial charge in [0, 0.05) is 12.8 Å². The molecule has 0 spiro atoms. The molecular formula is C11H11BrClN3O. The molecule has 2 aromatic heterocycles. The third-order valence-corrected chi connectivity index (χ3v) is 3.64. The van der Waals surface area contributed by atoms with Crippen LogP contribution in [0.3, 0.4) is 0 Å². The van der Waals surface area contributed by atoms with E-state index >= 15 is 0 Å². The lowest BCUT2D eigenvalue weighted by molar-refractivity contribution is -0.0368. The van der Waals surface area contributed by atoms with E-state index in [-0.39, 0.29) is 6.23 Å². The van der Waals surface area contributed by atoms with E-state index in [0.29, 0.717) is 5.02 Å². The molecule has 3 rings (SSSR count). The van der Waals surface area contributed by atoms with Crippen LogP contribution in [-0.4, -0.2) is 21.4 Å². The third kappa shape index (κ3) is 2.07. The summed E-state index contributed by atoms with van der Waals surface area (Å²) in [7, 11) is 0. The fourth-order valence-electron chi connectivity index (χ4n) is 2.09. The normalized spacial score (nSPS) is 20.9. The van der Waals surface area contributed by atoms with E-state index in [9.17, 15) is 0 Å². The highest BCUT2D eigenvalue weighted by Crippen LogP contribution is 2.30. The van der Waals surface area contributed by atoms with Gasteiger partial charge in [-0.2, -0.15) is 5.10 Å². The van der Waals surface area contributed by atoms with Gasteiger partial charge < -0.3 is 4.74 Å². The maximum absolute atomic E-state index is 5.98. The van der Waals surface area contributed by atoms with Gasteiger partial charge in [0.15, 0.2) is 10.8 Å². The van der Waals surface area contributed by atoms with Crippen LogP contribution in [0.5, 0.6) is 0 Å². The molecule has 0 N–H and O–H groups in total. The van der Waals surface area contributed by atoms with E-state index in [4.69, 9.17) is 16.3 Å². The van der Waals surface area contributed by atoms with Crippen molar-refractivity contribution in [2.45, 2.75) is 25.5 Å². The van der Waals surface area contributed by atoms with Gasteiger partial charge in [-0.25, -0.2) is 4.68 Å². The molecule has 0 bridgehead atoms. The minimum absolute atomic E-state index is 0.00202. The van der Waals surface area contributed by atoms with Crippen molar-refractivity contribution >= 4 is 38.6 Å². The van der Waals surface area contributed by atoms with Crippen LogP contribution in [0, 0.1) is 0 Å². The van der Waals surface area contributed by atoms with Crippen LogP contribution in [0.2, 0.25) is 5.02 Å². The molecule has 0 aromatic carbocycles. The maximum atomic E-state index is 5.98. The van der Waals surface area contributed by atoms with Crippen molar-refractivity contribution in [1.82, 2.24) is 14.8 Å². The predicted octanol–water partition coefficient (Wildman–Crippen LogP) is 3.55. The second kappa shape index (κ2) is 4.55. The number of hydrogen-bond acceptors (Lipinski definition) is 3. The lowest BCUT2D eigenvalue weighted by Crippen LogP contribution is -2.19. The lowest BCUT2D eigenvalue weighted by Gasteiger charge is -2.23. The molecule has 1 unspecified atom stereocenters. The Hall–Kier alpha value is -0.650. The fourth-order valence-corrected chi connectivity index (χ4v) is 2.72. The molecule has 2 aromatic rings. The Balaban J connectivity index is 2.11. The first-order valence-corrected chi connectivity index (χ1v) is 6.73. The number of aromatic nitrogens is 3. The molecule has 4 nitrogen and oxygen atoms in total. The maximum Gasteiger partial charge on any atom is 0.154 e. The topological polar surface area (TPSA) is 39.9 Å². The fraction of sp³-hybridized carbons (Fsp3) is 0.455. The predicted molar refractivity (Wildman–Crippen MR) is 69.1 cm³/mol. The minimum Gasteiger partial charge on any atom is -0.356 e. The van der Waals surface area contributed by atoms with Crippen LogP contribution in [0.25, 0.3) is 11.0 Å². The van der Waals surface area contributed by atoms with Crippen molar-refractivity contribution in [3.8, 4) is 0 Å². The van der Waals surface area contributed by atoms with Crippen LogP contribution in [0.15, 0.2) is 16.9 Å². The van der Waals surface area contributed by atoms with Crippen LogP contribution in [0.1, 0.15) is 25.5 Å². The number of nitrogens with zero attached hydrogens (tertiary/aromatic N) is 3. The summed E-state index contributed by atoms with van der Waals surface area (Å²) < 4.78 is 8.34. The number of fused-ring (bicyclic) bond motifs is 1. The quantitative estimate of drug-likeness (QED) is 0.808. The molecule has 0 amide bonds. The Morgan fingerprint density at radius 1 is 1.47 bits per heavy atom. The summed E-state index contributed by atoms with van der Waals surface area (Å²) in [5.41, 5.74) is 1.74. The third-order valence-electron chi connectivity index (χ3n) is 2.90. The Morgan fingerprint density at radius 3 is 3.12 bits per heavy atom. The van der Waals surface area contributed by atoms with Crippen LogP contribution in [-0.2, 0) is 4.74 Å². The van der Waals surface area contributed by atoms with E-state index in [1.807, 2.05) is 10.7 Å². The first-order valence-electron chi connectivity index (χ1n) is 5.56. The Bertz CT molecular complexity index is 551. The second-order valence-corrected chi connectivity index (χ2v) is 5.27. The summed E-state index contributed by atoms with van der Waals surface area (Å²) in [6.45, 7) is 0.789. The molecule has 1 aliphatic rings. The summed E-state index contributed by atoms with van der Waals surface area (Å²) in [6, 6.07) is 1.87. The van der Waals surface area contributed by atoms with Gasteiger partial charge in [0.05, 0.1) is 10.5 Å². The van der Waals surface area contributed by atoms with Crippen LogP contribution >= 0.6 is 27.5 Å². The SMILES string of the molecule is Clc1cnc2c(Br)nn(C3CCCCO3)c2c1. The first-order chi connectivity index (χ1) is 8.25. The monoisotopic (exact) mass is 315 g/mol. The lowest BCUT2D eigenvalue weighted by atomic mass is 10.2. The zero-order valence-electron chi connectivity index (χ0n) is 9.07. The molecule has 1 saturated heterocycles. The molecule has 1 aliphatic heterocycles. The van der Waals surface area contributed by atoms with E-state index in [0.717, 1.165) is 41.5 Å². The Labute approximate surface area is 112 Å². The van der Waals surface area contributed by atoms with Gasteiger partial charge in [-0.1, -0.05) is 11.6 Å². The smallest absolute Gasteiger partial charge is 0.154 e. The standard InChI is InChI=1S/C11H11BrClN3O/c12-11-10-8(5-7(13)6-14-10)16(15-11)9-3-1-2-4-17-9/h5-6,9H,1-4H2. The number of ether oxygens (including phenoxy) is 1. The first kappa shape index (κ1) is 11.4. The molecule has 6 heteroatoms. The zero-order chi connectivity index (χ0) is 11.8. The second-order valence-electron chi connectivity index (χ2n) is 4.08. The minimum atomic E-state index is -0.00202. The molecule has 0 radical (unpaired) electrons. The van der Waals surface area contributed by atoms with Gasteiger partial charge in [0.25, 0.3) is 0 Å². The largest absolute Gasteiger partial charge is 0.356 e. The number of hydrogen-bond donors (Lipinski definition) is 0. The molecule has 17 heavy (non-hydrogen) atoms. The van der Waals surface area contributed by atoms with Gasteiger partial charge in [-0.15, -0.1) is 0 Å². The number of rotatable bonds is 1. The number of pyridine rings is 1. The van der Waals surface area contributed by atoms with Crippen LogP contribution < -0.4 is 0 Å². The molecule has 1 atom stereocenters. The van der Waals surface area contributed by atoms with Crippen molar-refractivity contribution in [1.29, 1.82) is 0 Å². The summed E-state index contributed by atoms with van der Waals surface area (Å²) in [5, 5.41) is 5.05. The molecule has 0 saturated carbocycles. The van der Waals surface area contributed by atoms with Gasteiger partial charge in [-0.05, 0) is 41.3 Å². The van der Waals surface area contributed by atoms with Crippen molar-refractivity contribution < 1.29 is 4.74 Å². The Morgan fingerprint density at radius 2 is 2.35 bits per heavy atom. The average Bonchev–Trinajstić information content (AvgIpc) is 2.67. The molecule has 0 aliphatic carbocycles. The highest BCUT2D eigenvalue weighted by molar-refractivity contribution is 9.10. The molecule has 90 valence electrons. The zero-order valence-corrected chi connectivity index (χ0v) is 11.4. The average molecular weight is 317 g/mol. The van der Waals surface area contributed by atoms with Crippen molar-refractivity contribution in [2.75, 3.05) is 6.61 Å². The highest BCUT2D eigenvalue weighted by atomic mass is 79.9. The summed E-state index contributed by atoms with van der Waals surface area (Å²) in [4.78, 5) is 4.28. The Kier molecular flexibility index (Phi) is 3.06. The van der Waals surface area contributed by atoms with E-state index in [1.165, 1.54) is 0 Å². The summed E-state index contributed by atoms with van der Waals surface area (Å²) in [6.07, 6.45) is 4.89. The number of halogens is 2. The van der Waals surface area contributed by atoms with Gasteiger partial charge in [0.1, 0.15) is 5.52 Å². The van der Waals surface area contributed by atoms with Gasteiger partial charge in [0.2, 0.25) is 0 Å². The molecule has 1 fully saturated rings. The summed E-state index contributed by atoms with van der Waals surface area (Å²) >= 11 is 9.39. The van der Waals surface area contributed by atoms with E-state index in [2.05, 4.69) is 26.0 Å². The highest BCUT2D eigenvalue weighted by Gasteiger charge is 2.20.